The zero-order valence-corrected chi connectivity index (χ0v) is 15.4. The summed E-state index contributed by atoms with van der Waals surface area (Å²) in [6.45, 7) is 3.12. The van der Waals surface area contributed by atoms with Gasteiger partial charge in [-0.1, -0.05) is 13.0 Å². The number of benzene rings is 2. The second kappa shape index (κ2) is 9.19. The molecule has 0 unspecified atom stereocenters. The maximum atomic E-state index is 12.4. The molecule has 0 aromatic heterocycles. The van der Waals surface area contributed by atoms with E-state index in [2.05, 4.69) is 10.6 Å². The molecular weight excluding hydrogens is 344 g/mol. The summed E-state index contributed by atoms with van der Waals surface area (Å²) in [5.41, 5.74) is 1.80. The molecule has 1 heterocycles. The lowest BCUT2D eigenvalue weighted by Crippen LogP contribution is -2.16. The molecule has 1 atom stereocenters. The van der Waals surface area contributed by atoms with Crippen LogP contribution in [0, 0.1) is 0 Å². The zero-order chi connectivity index (χ0) is 19.1. The van der Waals surface area contributed by atoms with Gasteiger partial charge in [-0.2, -0.15) is 0 Å². The van der Waals surface area contributed by atoms with Gasteiger partial charge in [0.15, 0.2) is 0 Å². The third-order valence-corrected chi connectivity index (χ3v) is 4.30. The van der Waals surface area contributed by atoms with Gasteiger partial charge >= 0.3 is 0 Å². The Kier molecular flexibility index (Phi) is 6.44. The van der Waals surface area contributed by atoms with Crippen molar-refractivity contribution in [1.29, 1.82) is 0 Å². The number of hydrogen-bond acceptors (Lipinski definition) is 4. The van der Waals surface area contributed by atoms with Gasteiger partial charge in [0.25, 0.3) is 5.91 Å². The first-order valence-corrected chi connectivity index (χ1v) is 9.20. The highest BCUT2D eigenvalue weighted by molar-refractivity contribution is 6.04. The summed E-state index contributed by atoms with van der Waals surface area (Å²) in [6.07, 6.45) is 2.67. The van der Waals surface area contributed by atoms with Crippen LogP contribution in [0.4, 0.5) is 11.4 Å². The van der Waals surface area contributed by atoms with Crippen LogP contribution in [0.1, 0.15) is 36.5 Å². The monoisotopic (exact) mass is 368 g/mol. The van der Waals surface area contributed by atoms with Crippen LogP contribution in [0.25, 0.3) is 0 Å². The van der Waals surface area contributed by atoms with Gasteiger partial charge in [-0.25, -0.2) is 0 Å². The van der Waals surface area contributed by atoms with Crippen LogP contribution >= 0.6 is 0 Å². The van der Waals surface area contributed by atoms with E-state index in [0.29, 0.717) is 35.7 Å². The summed E-state index contributed by atoms with van der Waals surface area (Å²) in [5.74, 6) is 0.419. The highest BCUT2D eigenvalue weighted by atomic mass is 16.5. The predicted molar refractivity (Wildman–Crippen MR) is 104 cm³/mol. The number of anilines is 2. The molecule has 1 fully saturated rings. The van der Waals surface area contributed by atoms with Crippen molar-refractivity contribution in [3.63, 3.8) is 0 Å². The Morgan fingerprint density at radius 1 is 1.11 bits per heavy atom. The minimum Gasteiger partial charge on any atom is -0.491 e. The molecule has 1 aliphatic heterocycles. The molecule has 6 heteroatoms. The van der Waals surface area contributed by atoms with E-state index in [1.165, 1.54) is 0 Å². The molecule has 3 rings (SSSR count). The van der Waals surface area contributed by atoms with Crippen molar-refractivity contribution in [2.45, 2.75) is 32.3 Å². The van der Waals surface area contributed by atoms with Crippen molar-refractivity contribution in [2.75, 3.05) is 23.8 Å². The van der Waals surface area contributed by atoms with E-state index in [-0.39, 0.29) is 17.9 Å². The number of hydrogen-bond donors (Lipinski definition) is 2. The summed E-state index contributed by atoms with van der Waals surface area (Å²) in [6, 6.07) is 14.1. The number of amides is 2. The van der Waals surface area contributed by atoms with Crippen LogP contribution < -0.4 is 15.4 Å². The molecule has 2 amide bonds. The van der Waals surface area contributed by atoms with Gasteiger partial charge < -0.3 is 20.1 Å². The highest BCUT2D eigenvalue weighted by Gasteiger charge is 2.16. The highest BCUT2D eigenvalue weighted by Crippen LogP contribution is 2.19. The van der Waals surface area contributed by atoms with Gasteiger partial charge in [-0.3, -0.25) is 9.59 Å². The average molecular weight is 368 g/mol. The molecular formula is C21H24N2O4. The van der Waals surface area contributed by atoms with Gasteiger partial charge in [0, 0.05) is 30.0 Å². The molecule has 1 aliphatic rings. The normalized spacial score (nSPS) is 16.0. The molecule has 142 valence electrons. The molecule has 0 bridgehead atoms. The fourth-order valence-electron chi connectivity index (χ4n) is 2.79. The van der Waals surface area contributed by atoms with Crippen LogP contribution in [0.2, 0.25) is 0 Å². The van der Waals surface area contributed by atoms with Gasteiger partial charge in [0.05, 0.1) is 6.10 Å². The summed E-state index contributed by atoms with van der Waals surface area (Å²) in [4.78, 5) is 23.9. The molecule has 2 aromatic carbocycles. The van der Waals surface area contributed by atoms with Crippen molar-refractivity contribution < 1.29 is 19.1 Å². The Hall–Kier alpha value is -2.86. The summed E-state index contributed by atoms with van der Waals surface area (Å²) >= 11 is 0. The lowest BCUT2D eigenvalue weighted by Gasteiger charge is -2.12. The van der Waals surface area contributed by atoms with E-state index in [4.69, 9.17) is 9.47 Å². The van der Waals surface area contributed by atoms with Crippen LogP contribution in [0.15, 0.2) is 48.5 Å². The second-order valence-electron chi connectivity index (χ2n) is 6.41. The van der Waals surface area contributed by atoms with Gasteiger partial charge in [-0.15, -0.1) is 0 Å². The third kappa shape index (κ3) is 5.56. The Labute approximate surface area is 158 Å². The first-order valence-electron chi connectivity index (χ1n) is 9.20. The summed E-state index contributed by atoms with van der Waals surface area (Å²) < 4.78 is 11.2. The van der Waals surface area contributed by atoms with Crippen molar-refractivity contribution >= 4 is 23.2 Å². The maximum absolute atomic E-state index is 12.4. The second-order valence-corrected chi connectivity index (χ2v) is 6.41. The molecule has 0 radical (unpaired) electrons. The maximum Gasteiger partial charge on any atom is 0.255 e. The van der Waals surface area contributed by atoms with Crippen molar-refractivity contribution in [1.82, 2.24) is 0 Å². The van der Waals surface area contributed by atoms with Crippen molar-refractivity contribution in [3.05, 3.63) is 54.1 Å². The molecule has 6 nitrogen and oxygen atoms in total. The smallest absolute Gasteiger partial charge is 0.255 e. The molecule has 2 N–H and O–H groups in total. The fourth-order valence-corrected chi connectivity index (χ4v) is 2.79. The fraction of sp³-hybridized carbons (Fsp3) is 0.333. The van der Waals surface area contributed by atoms with Gasteiger partial charge in [0.1, 0.15) is 12.4 Å². The summed E-state index contributed by atoms with van der Waals surface area (Å²) in [7, 11) is 0. The van der Waals surface area contributed by atoms with Crippen LogP contribution in [0.5, 0.6) is 5.75 Å². The van der Waals surface area contributed by atoms with Crippen molar-refractivity contribution in [2.24, 2.45) is 0 Å². The largest absolute Gasteiger partial charge is 0.491 e. The number of rotatable bonds is 7. The Balaban J connectivity index is 1.56. The van der Waals surface area contributed by atoms with Crippen molar-refractivity contribution in [3.8, 4) is 5.75 Å². The first-order chi connectivity index (χ1) is 13.1. The number of nitrogens with one attached hydrogen (secondary N) is 2. The number of carbonyl (C=O) groups is 2. The number of ether oxygens (including phenoxy) is 2. The Morgan fingerprint density at radius 3 is 2.52 bits per heavy atom. The molecule has 2 aromatic rings. The number of carbonyl (C=O) groups excluding carboxylic acids is 2. The lowest BCUT2D eigenvalue weighted by atomic mass is 10.2. The molecule has 0 spiro atoms. The van der Waals surface area contributed by atoms with Crippen LogP contribution in [0.3, 0.4) is 0 Å². The van der Waals surface area contributed by atoms with E-state index in [1.54, 1.807) is 55.5 Å². The molecule has 0 aliphatic carbocycles. The predicted octanol–water partition coefficient (Wildman–Crippen LogP) is 3.85. The zero-order valence-electron chi connectivity index (χ0n) is 15.4. The molecule has 0 saturated carbocycles. The van der Waals surface area contributed by atoms with E-state index >= 15 is 0 Å². The van der Waals surface area contributed by atoms with E-state index < -0.39 is 0 Å². The molecule has 1 saturated heterocycles. The SMILES string of the molecule is CCC(=O)Nc1cccc(NC(=O)c2ccc(OC[C@H]3CCCO3)cc2)c1. The lowest BCUT2D eigenvalue weighted by molar-refractivity contribution is -0.115. The first kappa shape index (κ1) is 18.9. The van der Waals surface area contributed by atoms with E-state index in [1.807, 2.05) is 0 Å². The van der Waals surface area contributed by atoms with Crippen LogP contribution in [-0.4, -0.2) is 31.1 Å². The Bertz CT molecular complexity index is 783. The minimum absolute atomic E-state index is 0.0722. The average Bonchev–Trinajstić information content (AvgIpc) is 3.20. The topological polar surface area (TPSA) is 76.7 Å². The third-order valence-electron chi connectivity index (χ3n) is 4.30. The van der Waals surface area contributed by atoms with Crippen LogP contribution in [-0.2, 0) is 9.53 Å². The van der Waals surface area contributed by atoms with Gasteiger partial charge in [0.2, 0.25) is 5.91 Å². The standard InChI is InChI=1S/C21H24N2O4/c1-2-20(24)22-16-5-3-6-17(13-16)23-21(25)15-8-10-18(11-9-15)27-14-19-7-4-12-26-19/h3,5-6,8-11,13,19H,2,4,7,12,14H2,1H3,(H,22,24)(H,23,25)/t19-/m1/s1. The van der Waals surface area contributed by atoms with E-state index in [9.17, 15) is 9.59 Å². The summed E-state index contributed by atoms with van der Waals surface area (Å²) in [5, 5.41) is 5.61. The van der Waals surface area contributed by atoms with E-state index in [0.717, 1.165) is 19.4 Å². The minimum atomic E-state index is -0.223. The quantitative estimate of drug-likeness (QED) is 0.778. The van der Waals surface area contributed by atoms with Gasteiger partial charge in [-0.05, 0) is 55.3 Å². The molecule has 27 heavy (non-hydrogen) atoms. The Morgan fingerprint density at radius 2 is 1.85 bits per heavy atom.